The highest BCUT2D eigenvalue weighted by Gasteiger charge is 2.24. The number of rotatable bonds is 7. The minimum Gasteiger partial charge on any atom is -0.395 e. The van der Waals surface area contributed by atoms with Gasteiger partial charge in [0.2, 0.25) is 5.91 Å². The lowest BCUT2D eigenvalue weighted by Crippen LogP contribution is -2.37. The highest BCUT2D eigenvalue weighted by molar-refractivity contribution is 5.77. The van der Waals surface area contributed by atoms with Crippen LogP contribution >= 0.6 is 0 Å². The Labute approximate surface area is 127 Å². The first-order valence-corrected chi connectivity index (χ1v) is 7.87. The van der Waals surface area contributed by atoms with Gasteiger partial charge in [-0.05, 0) is 25.3 Å². The highest BCUT2D eigenvalue weighted by atomic mass is 16.3. The lowest BCUT2D eigenvalue weighted by Gasteiger charge is -2.25. The van der Waals surface area contributed by atoms with Crippen molar-refractivity contribution in [3.05, 3.63) is 35.9 Å². The summed E-state index contributed by atoms with van der Waals surface area (Å²) in [5.41, 5.74) is 1.22. The second kappa shape index (κ2) is 8.15. The molecule has 2 rings (SSSR count). The second-order valence-corrected chi connectivity index (χ2v) is 5.81. The van der Waals surface area contributed by atoms with Crippen molar-refractivity contribution in [2.75, 3.05) is 26.2 Å². The maximum Gasteiger partial charge on any atom is 0.224 e. The van der Waals surface area contributed by atoms with Gasteiger partial charge in [-0.3, -0.25) is 9.69 Å². The molecule has 1 aliphatic rings. The third-order valence-corrected chi connectivity index (χ3v) is 4.18. The van der Waals surface area contributed by atoms with Crippen molar-refractivity contribution in [2.45, 2.75) is 38.8 Å². The van der Waals surface area contributed by atoms with E-state index in [9.17, 15) is 9.90 Å². The van der Waals surface area contributed by atoms with Gasteiger partial charge in [-0.15, -0.1) is 0 Å². The number of carbonyl (C=O) groups excluding carboxylic acids is 1. The van der Waals surface area contributed by atoms with Gasteiger partial charge in [0.1, 0.15) is 0 Å². The Morgan fingerprint density at radius 2 is 2.10 bits per heavy atom. The zero-order valence-corrected chi connectivity index (χ0v) is 12.9. The largest absolute Gasteiger partial charge is 0.395 e. The van der Waals surface area contributed by atoms with Crippen LogP contribution < -0.4 is 0 Å². The van der Waals surface area contributed by atoms with Crippen LogP contribution in [0.2, 0.25) is 0 Å². The Bertz CT molecular complexity index is 436. The first-order chi connectivity index (χ1) is 10.2. The van der Waals surface area contributed by atoms with E-state index in [0.717, 1.165) is 25.9 Å². The molecule has 0 aromatic heterocycles. The van der Waals surface area contributed by atoms with Crippen LogP contribution in [-0.2, 0) is 11.3 Å². The van der Waals surface area contributed by atoms with Gasteiger partial charge in [0.05, 0.1) is 6.61 Å². The Hall–Kier alpha value is -1.39. The predicted octanol–water partition coefficient (Wildman–Crippen LogP) is 1.88. The molecule has 1 aromatic rings. The van der Waals surface area contributed by atoms with Crippen molar-refractivity contribution >= 4 is 5.91 Å². The van der Waals surface area contributed by atoms with Gasteiger partial charge >= 0.3 is 0 Å². The summed E-state index contributed by atoms with van der Waals surface area (Å²) in [6.07, 6.45) is 2.78. The Morgan fingerprint density at radius 3 is 2.71 bits per heavy atom. The van der Waals surface area contributed by atoms with Crippen LogP contribution in [0.15, 0.2) is 30.3 Å². The lowest BCUT2D eigenvalue weighted by atomic mass is 10.2. The van der Waals surface area contributed by atoms with E-state index < -0.39 is 0 Å². The Kier molecular flexibility index (Phi) is 6.21. The first-order valence-electron chi connectivity index (χ1n) is 7.87. The Morgan fingerprint density at radius 1 is 1.33 bits per heavy atom. The molecule has 0 spiro atoms. The molecule has 1 N–H and O–H groups in total. The fraction of sp³-hybridized carbons (Fsp3) is 0.588. The van der Waals surface area contributed by atoms with Gasteiger partial charge in [-0.25, -0.2) is 0 Å². The van der Waals surface area contributed by atoms with Crippen molar-refractivity contribution in [2.24, 2.45) is 0 Å². The summed E-state index contributed by atoms with van der Waals surface area (Å²) in [5.74, 6) is 0.246. The van der Waals surface area contributed by atoms with Gasteiger partial charge in [0.15, 0.2) is 0 Å². The zero-order chi connectivity index (χ0) is 15.1. The maximum atomic E-state index is 12.3. The van der Waals surface area contributed by atoms with E-state index >= 15 is 0 Å². The smallest absolute Gasteiger partial charge is 0.224 e. The third kappa shape index (κ3) is 4.83. The minimum atomic E-state index is 0.126. The maximum absolute atomic E-state index is 12.3. The van der Waals surface area contributed by atoms with Gasteiger partial charge in [-0.1, -0.05) is 30.3 Å². The molecule has 1 aromatic carbocycles. The molecule has 1 heterocycles. The molecule has 1 unspecified atom stereocenters. The van der Waals surface area contributed by atoms with Crippen LogP contribution in [0.4, 0.5) is 0 Å². The molecular weight excluding hydrogens is 264 g/mol. The predicted molar refractivity (Wildman–Crippen MR) is 83.8 cm³/mol. The SMILES string of the molecule is CC1CCCN1C(=O)CCN(CCO)Cc1ccccc1. The topological polar surface area (TPSA) is 43.8 Å². The molecule has 1 fully saturated rings. The summed E-state index contributed by atoms with van der Waals surface area (Å²) in [7, 11) is 0. The number of hydrogen-bond acceptors (Lipinski definition) is 3. The van der Waals surface area contributed by atoms with E-state index in [1.807, 2.05) is 23.1 Å². The number of benzene rings is 1. The molecule has 1 aliphatic heterocycles. The molecule has 0 bridgehead atoms. The van der Waals surface area contributed by atoms with Crippen LogP contribution in [0, 0.1) is 0 Å². The molecule has 1 atom stereocenters. The summed E-state index contributed by atoms with van der Waals surface area (Å²) in [6, 6.07) is 10.6. The van der Waals surface area contributed by atoms with Crippen LogP contribution in [-0.4, -0.2) is 53.1 Å². The highest BCUT2D eigenvalue weighted by Crippen LogP contribution is 2.17. The fourth-order valence-corrected chi connectivity index (χ4v) is 2.95. The first kappa shape index (κ1) is 16.0. The molecule has 1 saturated heterocycles. The van der Waals surface area contributed by atoms with Crippen LogP contribution in [0.1, 0.15) is 31.7 Å². The molecular formula is C17H26N2O2. The van der Waals surface area contributed by atoms with Crippen molar-refractivity contribution in [1.82, 2.24) is 9.80 Å². The number of likely N-dealkylation sites (tertiary alicyclic amines) is 1. The van der Waals surface area contributed by atoms with Gasteiger partial charge in [0, 0.05) is 38.6 Å². The van der Waals surface area contributed by atoms with Crippen molar-refractivity contribution in [3.63, 3.8) is 0 Å². The number of amides is 1. The summed E-state index contributed by atoms with van der Waals surface area (Å²) in [6.45, 7) is 5.25. The second-order valence-electron chi connectivity index (χ2n) is 5.81. The van der Waals surface area contributed by atoms with Crippen molar-refractivity contribution in [3.8, 4) is 0 Å². The minimum absolute atomic E-state index is 0.126. The number of nitrogens with zero attached hydrogens (tertiary/aromatic N) is 2. The average Bonchev–Trinajstić information content (AvgIpc) is 2.92. The summed E-state index contributed by atoms with van der Waals surface area (Å²) in [4.78, 5) is 16.4. The fourth-order valence-electron chi connectivity index (χ4n) is 2.95. The molecule has 0 radical (unpaired) electrons. The van der Waals surface area contributed by atoms with Crippen LogP contribution in [0.3, 0.4) is 0 Å². The quantitative estimate of drug-likeness (QED) is 0.834. The number of hydrogen-bond donors (Lipinski definition) is 1. The number of aliphatic hydroxyl groups excluding tert-OH is 1. The van der Waals surface area contributed by atoms with E-state index in [1.165, 1.54) is 5.56 Å². The van der Waals surface area contributed by atoms with Crippen LogP contribution in [0.5, 0.6) is 0 Å². The monoisotopic (exact) mass is 290 g/mol. The van der Waals surface area contributed by atoms with Gasteiger partial charge in [0.25, 0.3) is 0 Å². The van der Waals surface area contributed by atoms with E-state index in [0.29, 0.717) is 25.6 Å². The van der Waals surface area contributed by atoms with E-state index in [2.05, 4.69) is 24.0 Å². The van der Waals surface area contributed by atoms with Gasteiger partial charge in [-0.2, -0.15) is 0 Å². The normalized spacial score (nSPS) is 18.4. The molecule has 0 aliphatic carbocycles. The van der Waals surface area contributed by atoms with Gasteiger partial charge < -0.3 is 10.0 Å². The molecule has 21 heavy (non-hydrogen) atoms. The number of aliphatic hydroxyl groups is 1. The standard InChI is InChI=1S/C17H26N2O2/c1-15-6-5-10-19(15)17(21)9-11-18(12-13-20)14-16-7-3-2-4-8-16/h2-4,7-8,15,20H,5-6,9-14H2,1H3. The third-order valence-electron chi connectivity index (χ3n) is 4.18. The number of carbonyl (C=O) groups is 1. The molecule has 4 heteroatoms. The summed E-state index contributed by atoms with van der Waals surface area (Å²) >= 11 is 0. The molecule has 0 saturated carbocycles. The van der Waals surface area contributed by atoms with E-state index in [-0.39, 0.29) is 12.5 Å². The van der Waals surface area contributed by atoms with Crippen molar-refractivity contribution < 1.29 is 9.90 Å². The van der Waals surface area contributed by atoms with E-state index in [1.54, 1.807) is 0 Å². The van der Waals surface area contributed by atoms with Crippen molar-refractivity contribution in [1.29, 1.82) is 0 Å². The zero-order valence-electron chi connectivity index (χ0n) is 12.9. The summed E-state index contributed by atoms with van der Waals surface area (Å²) < 4.78 is 0. The molecule has 4 nitrogen and oxygen atoms in total. The molecule has 116 valence electrons. The van der Waals surface area contributed by atoms with Crippen LogP contribution in [0.25, 0.3) is 0 Å². The summed E-state index contributed by atoms with van der Waals surface area (Å²) in [5, 5.41) is 9.20. The lowest BCUT2D eigenvalue weighted by molar-refractivity contribution is -0.132. The average molecular weight is 290 g/mol. The Balaban J connectivity index is 1.83. The molecule has 1 amide bonds. The van der Waals surface area contributed by atoms with E-state index in [4.69, 9.17) is 0 Å².